The lowest BCUT2D eigenvalue weighted by Gasteiger charge is -2.23. The lowest BCUT2D eigenvalue weighted by atomic mass is 9.84. The van der Waals surface area contributed by atoms with E-state index in [2.05, 4.69) is 38.2 Å². The molecular weight excluding hydrogens is 226 g/mol. The van der Waals surface area contributed by atoms with Crippen molar-refractivity contribution in [3.05, 3.63) is 35.4 Å². The molecule has 1 aromatic rings. The molecular formula is C15H19NO2. The van der Waals surface area contributed by atoms with Gasteiger partial charge in [-0.1, -0.05) is 45.0 Å². The molecule has 0 bridgehead atoms. The molecule has 3 heteroatoms. The van der Waals surface area contributed by atoms with Gasteiger partial charge >= 0.3 is 0 Å². The van der Waals surface area contributed by atoms with E-state index in [4.69, 9.17) is 0 Å². The predicted octanol–water partition coefficient (Wildman–Crippen LogP) is 2.50. The molecule has 1 heterocycles. The van der Waals surface area contributed by atoms with E-state index in [1.54, 1.807) is 0 Å². The quantitative estimate of drug-likeness (QED) is 0.773. The molecule has 1 aliphatic rings. The van der Waals surface area contributed by atoms with Crippen LogP contribution in [0.25, 0.3) is 0 Å². The van der Waals surface area contributed by atoms with Crippen molar-refractivity contribution < 1.29 is 9.59 Å². The fraction of sp³-hybridized carbons (Fsp3) is 0.467. The minimum absolute atomic E-state index is 0.0280. The van der Waals surface area contributed by atoms with Crippen molar-refractivity contribution in [3.8, 4) is 0 Å². The normalized spacial score (nSPS) is 17.7. The van der Waals surface area contributed by atoms with Crippen LogP contribution in [0.4, 0.5) is 0 Å². The molecule has 0 unspecified atom stereocenters. The summed E-state index contributed by atoms with van der Waals surface area (Å²) in [6, 6.07) is 8.26. The molecule has 0 atom stereocenters. The summed E-state index contributed by atoms with van der Waals surface area (Å²) in [6.45, 7) is 6.50. The molecule has 1 aromatic carbocycles. The van der Waals surface area contributed by atoms with Gasteiger partial charge in [0.15, 0.2) is 0 Å². The molecule has 1 aliphatic heterocycles. The summed E-state index contributed by atoms with van der Waals surface area (Å²) in [4.78, 5) is 22.7. The first-order valence-electron chi connectivity index (χ1n) is 6.29. The minimum atomic E-state index is -0.170. The number of amides is 2. The number of piperidine rings is 1. The summed E-state index contributed by atoms with van der Waals surface area (Å²) in [6.07, 6.45) is 0.807. The number of carbonyl (C=O) groups excluding carboxylic acids is 2. The molecule has 1 fully saturated rings. The first-order chi connectivity index (χ1) is 8.36. The summed E-state index contributed by atoms with van der Waals surface area (Å²) < 4.78 is 0. The first-order valence-corrected chi connectivity index (χ1v) is 6.29. The Kier molecular flexibility index (Phi) is 3.24. The van der Waals surface area contributed by atoms with E-state index in [1.165, 1.54) is 5.56 Å². The number of nitrogens with one attached hydrogen (secondary N) is 1. The summed E-state index contributed by atoms with van der Waals surface area (Å²) >= 11 is 0. The van der Waals surface area contributed by atoms with Crippen LogP contribution in [-0.2, 0) is 15.0 Å². The van der Waals surface area contributed by atoms with Crippen molar-refractivity contribution in [1.82, 2.24) is 5.32 Å². The van der Waals surface area contributed by atoms with Crippen LogP contribution in [0.1, 0.15) is 50.7 Å². The largest absolute Gasteiger partial charge is 0.296 e. The average Bonchev–Trinajstić information content (AvgIpc) is 2.27. The number of benzene rings is 1. The number of rotatable bonds is 1. The van der Waals surface area contributed by atoms with Gasteiger partial charge in [0.2, 0.25) is 11.8 Å². The smallest absolute Gasteiger partial charge is 0.227 e. The number of imide groups is 1. The Hall–Kier alpha value is -1.64. The van der Waals surface area contributed by atoms with Crippen molar-refractivity contribution in [2.75, 3.05) is 0 Å². The van der Waals surface area contributed by atoms with Crippen molar-refractivity contribution in [2.24, 2.45) is 0 Å². The van der Waals surface area contributed by atoms with Gasteiger partial charge in [-0.25, -0.2) is 0 Å². The van der Waals surface area contributed by atoms with Crippen LogP contribution >= 0.6 is 0 Å². The molecule has 2 amide bonds. The highest BCUT2D eigenvalue weighted by Gasteiger charge is 2.26. The standard InChI is InChI=1S/C15H19NO2/c1-15(2,3)12-6-4-10(5-7-12)11-8-13(17)16-14(18)9-11/h4-7,11H,8-9H2,1-3H3,(H,16,17,18). The highest BCUT2D eigenvalue weighted by Crippen LogP contribution is 2.29. The van der Waals surface area contributed by atoms with Gasteiger partial charge in [-0.2, -0.15) is 0 Å². The van der Waals surface area contributed by atoms with Crippen LogP contribution in [-0.4, -0.2) is 11.8 Å². The molecule has 1 N–H and O–H groups in total. The van der Waals surface area contributed by atoms with Crippen molar-refractivity contribution in [3.63, 3.8) is 0 Å². The summed E-state index contributed by atoms with van der Waals surface area (Å²) in [5.74, 6) is -0.312. The molecule has 0 aliphatic carbocycles. The Morgan fingerprint density at radius 3 is 1.94 bits per heavy atom. The highest BCUT2D eigenvalue weighted by molar-refractivity contribution is 5.98. The highest BCUT2D eigenvalue weighted by atomic mass is 16.2. The fourth-order valence-corrected chi connectivity index (χ4v) is 2.27. The lowest BCUT2D eigenvalue weighted by molar-refractivity contribution is -0.133. The zero-order valence-electron chi connectivity index (χ0n) is 11.1. The molecule has 2 rings (SSSR count). The Balaban J connectivity index is 2.19. The molecule has 18 heavy (non-hydrogen) atoms. The first kappa shape index (κ1) is 12.8. The molecule has 0 aromatic heterocycles. The number of hydrogen-bond acceptors (Lipinski definition) is 2. The van der Waals surface area contributed by atoms with E-state index < -0.39 is 0 Å². The van der Waals surface area contributed by atoms with Crippen LogP contribution < -0.4 is 5.32 Å². The molecule has 1 saturated heterocycles. The molecule has 0 radical (unpaired) electrons. The maximum atomic E-state index is 11.4. The second-order valence-electron chi connectivity index (χ2n) is 5.95. The van der Waals surface area contributed by atoms with Crippen molar-refractivity contribution in [2.45, 2.75) is 44.9 Å². The SMILES string of the molecule is CC(C)(C)c1ccc(C2CC(=O)NC(=O)C2)cc1. The monoisotopic (exact) mass is 245 g/mol. The van der Waals surface area contributed by atoms with Crippen molar-refractivity contribution in [1.29, 1.82) is 0 Å². The van der Waals surface area contributed by atoms with E-state index in [-0.39, 0.29) is 23.1 Å². The van der Waals surface area contributed by atoms with E-state index in [9.17, 15) is 9.59 Å². The molecule has 3 nitrogen and oxygen atoms in total. The molecule has 96 valence electrons. The topological polar surface area (TPSA) is 46.2 Å². The number of carbonyl (C=O) groups is 2. The Morgan fingerprint density at radius 2 is 1.50 bits per heavy atom. The van der Waals surface area contributed by atoms with Gasteiger partial charge in [0.1, 0.15) is 0 Å². The van der Waals surface area contributed by atoms with E-state index in [0.29, 0.717) is 12.8 Å². The van der Waals surface area contributed by atoms with Gasteiger partial charge in [0.25, 0.3) is 0 Å². The van der Waals surface area contributed by atoms with Gasteiger partial charge in [-0.05, 0) is 16.5 Å². The maximum absolute atomic E-state index is 11.4. The number of hydrogen-bond donors (Lipinski definition) is 1. The Morgan fingerprint density at radius 1 is 1.00 bits per heavy atom. The summed E-state index contributed by atoms with van der Waals surface area (Å²) in [5, 5.41) is 2.34. The van der Waals surface area contributed by atoms with Crippen LogP contribution in [0.3, 0.4) is 0 Å². The maximum Gasteiger partial charge on any atom is 0.227 e. The van der Waals surface area contributed by atoms with E-state index in [0.717, 1.165) is 5.56 Å². The van der Waals surface area contributed by atoms with Crippen LogP contribution in [0.5, 0.6) is 0 Å². The lowest BCUT2D eigenvalue weighted by Crippen LogP contribution is -2.37. The second kappa shape index (κ2) is 4.56. The van der Waals surface area contributed by atoms with Crippen molar-refractivity contribution >= 4 is 11.8 Å². The van der Waals surface area contributed by atoms with E-state index >= 15 is 0 Å². The average molecular weight is 245 g/mol. The third kappa shape index (κ3) is 2.78. The van der Waals surface area contributed by atoms with Crippen LogP contribution in [0.2, 0.25) is 0 Å². The Bertz CT molecular complexity index is 452. The second-order valence-corrected chi connectivity index (χ2v) is 5.95. The van der Waals surface area contributed by atoms with Gasteiger partial charge in [-0.15, -0.1) is 0 Å². The summed E-state index contributed by atoms with van der Waals surface area (Å²) in [7, 11) is 0. The van der Waals surface area contributed by atoms with Crippen LogP contribution in [0, 0.1) is 0 Å². The zero-order valence-corrected chi connectivity index (χ0v) is 11.1. The Labute approximate surface area is 108 Å². The van der Waals surface area contributed by atoms with Gasteiger partial charge in [-0.3, -0.25) is 14.9 Å². The van der Waals surface area contributed by atoms with Gasteiger partial charge in [0, 0.05) is 18.8 Å². The van der Waals surface area contributed by atoms with Gasteiger partial charge in [0.05, 0.1) is 0 Å². The predicted molar refractivity (Wildman–Crippen MR) is 70.3 cm³/mol. The third-order valence-corrected chi connectivity index (χ3v) is 3.39. The van der Waals surface area contributed by atoms with E-state index in [1.807, 2.05) is 12.1 Å². The fourth-order valence-electron chi connectivity index (χ4n) is 2.27. The van der Waals surface area contributed by atoms with Gasteiger partial charge < -0.3 is 0 Å². The van der Waals surface area contributed by atoms with Crippen LogP contribution in [0.15, 0.2) is 24.3 Å². The summed E-state index contributed by atoms with van der Waals surface area (Å²) in [5.41, 5.74) is 2.46. The molecule has 0 saturated carbocycles. The third-order valence-electron chi connectivity index (χ3n) is 3.39. The molecule has 0 spiro atoms. The zero-order chi connectivity index (χ0) is 13.3. The minimum Gasteiger partial charge on any atom is -0.296 e.